The number of halogens is 1. The van der Waals surface area contributed by atoms with Crippen molar-refractivity contribution < 1.29 is 14.7 Å². The van der Waals surface area contributed by atoms with Crippen molar-refractivity contribution in [3.8, 4) is 0 Å². The van der Waals surface area contributed by atoms with E-state index in [0.29, 0.717) is 6.61 Å². The van der Waals surface area contributed by atoms with Crippen LogP contribution in [-0.2, 0) is 9.47 Å². The van der Waals surface area contributed by atoms with Crippen LogP contribution < -0.4 is 0 Å². The van der Waals surface area contributed by atoms with Gasteiger partial charge in [0, 0.05) is 0 Å². The summed E-state index contributed by atoms with van der Waals surface area (Å²) in [5, 5.41) is 11.1. The Bertz CT molecular complexity index is 181. The third-order valence-electron chi connectivity index (χ3n) is 1.37. The smallest absolute Gasteiger partial charge is 0.176 e. The molecule has 1 aliphatic rings. The molecule has 64 valence electrons. The molecule has 5 heteroatoms. The lowest BCUT2D eigenvalue weighted by molar-refractivity contribution is -0.131. The molecule has 1 saturated heterocycles. The summed E-state index contributed by atoms with van der Waals surface area (Å²) < 4.78 is 10.4. The van der Waals surface area contributed by atoms with Crippen LogP contribution in [0.5, 0.6) is 0 Å². The molecule has 0 spiro atoms. The largest absolute Gasteiger partial charge is 0.410 e. The summed E-state index contributed by atoms with van der Waals surface area (Å²) in [6.07, 6.45) is -0.434. The van der Waals surface area contributed by atoms with Crippen LogP contribution in [0.25, 0.3) is 0 Å². The molecule has 0 amide bonds. The Labute approximate surface area is 69.7 Å². The van der Waals surface area contributed by atoms with Gasteiger partial charge in [0.25, 0.3) is 0 Å². The predicted octanol–water partition coefficient (Wildman–Crippen LogP) is 1.16. The second-order valence-corrected chi connectivity index (χ2v) is 3.13. The number of rotatable bonds is 1. The van der Waals surface area contributed by atoms with Crippen LogP contribution in [0.15, 0.2) is 5.16 Å². The minimum absolute atomic E-state index is 0.0237. The minimum Gasteiger partial charge on any atom is -0.410 e. The monoisotopic (exact) mass is 179 g/mol. The van der Waals surface area contributed by atoms with Crippen molar-refractivity contribution >= 4 is 16.8 Å². The average Bonchev–Trinajstić information content (AvgIpc) is 2.29. The third kappa shape index (κ3) is 2.05. The summed E-state index contributed by atoms with van der Waals surface area (Å²) in [6, 6.07) is 0. The molecule has 0 saturated carbocycles. The van der Waals surface area contributed by atoms with Crippen LogP contribution in [0.4, 0.5) is 0 Å². The van der Waals surface area contributed by atoms with Crippen molar-refractivity contribution in [2.45, 2.75) is 25.7 Å². The van der Waals surface area contributed by atoms with Crippen LogP contribution >= 0.6 is 11.6 Å². The Morgan fingerprint density at radius 3 is 2.73 bits per heavy atom. The van der Waals surface area contributed by atoms with Gasteiger partial charge >= 0.3 is 0 Å². The molecule has 0 radical (unpaired) electrons. The molecule has 1 N–H and O–H groups in total. The van der Waals surface area contributed by atoms with E-state index in [4.69, 9.17) is 26.3 Å². The van der Waals surface area contributed by atoms with Crippen LogP contribution in [-0.4, -0.2) is 28.9 Å². The maximum Gasteiger partial charge on any atom is 0.176 e. The molecule has 1 heterocycles. The average molecular weight is 180 g/mol. The van der Waals surface area contributed by atoms with Crippen LogP contribution in [0.1, 0.15) is 13.8 Å². The number of oxime groups is 1. The summed E-state index contributed by atoms with van der Waals surface area (Å²) in [4.78, 5) is 0. The van der Waals surface area contributed by atoms with E-state index in [9.17, 15) is 0 Å². The molecule has 0 aromatic rings. The van der Waals surface area contributed by atoms with E-state index in [1.165, 1.54) is 0 Å². The first-order chi connectivity index (χ1) is 5.05. The fourth-order valence-corrected chi connectivity index (χ4v) is 0.976. The van der Waals surface area contributed by atoms with Gasteiger partial charge in [0.1, 0.15) is 6.10 Å². The lowest BCUT2D eigenvalue weighted by atomic mass is 10.4. The van der Waals surface area contributed by atoms with E-state index in [1.807, 2.05) is 0 Å². The molecule has 0 unspecified atom stereocenters. The molecule has 11 heavy (non-hydrogen) atoms. The highest BCUT2D eigenvalue weighted by Gasteiger charge is 2.35. The first-order valence-corrected chi connectivity index (χ1v) is 3.62. The zero-order chi connectivity index (χ0) is 8.48. The van der Waals surface area contributed by atoms with Gasteiger partial charge < -0.3 is 14.7 Å². The summed E-state index contributed by atoms with van der Waals surface area (Å²) in [5.74, 6) is -0.629. The van der Waals surface area contributed by atoms with Gasteiger partial charge in [0.05, 0.1) is 6.61 Å². The zero-order valence-electron chi connectivity index (χ0n) is 6.37. The lowest BCUT2D eigenvalue weighted by Gasteiger charge is -2.15. The Morgan fingerprint density at radius 1 is 1.73 bits per heavy atom. The molecule has 1 aliphatic heterocycles. The molecule has 0 aromatic heterocycles. The van der Waals surface area contributed by atoms with E-state index in [-0.39, 0.29) is 5.17 Å². The Kier molecular flexibility index (Phi) is 2.37. The fraction of sp³-hybridized carbons (Fsp3) is 0.833. The van der Waals surface area contributed by atoms with Crippen LogP contribution in [0, 0.1) is 0 Å². The van der Waals surface area contributed by atoms with Crippen LogP contribution in [0.3, 0.4) is 0 Å². The van der Waals surface area contributed by atoms with Gasteiger partial charge in [-0.25, -0.2) is 0 Å². The van der Waals surface area contributed by atoms with Crippen molar-refractivity contribution in [2.75, 3.05) is 6.61 Å². The summed E-state index contributed by atoms with van der Waals surface area (Å²) in [5.41, 5.74) is 0. The molecule has 4 nitrogen and oxygen atoms in total. The highest BCUT2D eigenvalue weighted by Crippen LogP contribution is 2.23. The highest BCUT2D eigenvalue weighted by atomic mass is 35.5. The molecule has 0 bridgehead atoms. The summed E-state index contributed by atoms with van der Waals surface area (Å²) in [7, 11) is 0. The van der Waals surface area contributed by atoms with Gasteiger partial charge in [-0.1, -0.05) is 16.8 Å². The van der Waals surface area contributed by atoms with Gasteiger partial charge in [-0.05, 0) is 13.8 Å². The maximum atomic E-state index is 8.29. The van der Waals surface area contributed by atoms with Gasteiger partial charge in [-0.15, -0.1) is 0 Å². The van der Waals surface area contributed by atoms with Gasteiger partial charge in [-0.3, -0.25) is 0 Å². The van der Waals surface area contributed by atoms with Gasteiger partial charge in [0.2, 0.25) is 0 Å². The Hall–Kier alpha value is -0.320. The van der Waals surface area contributed by atoms with E-state index < -0.39 is 11.9 Å². The molecular weight excluding hydrogens is 170 g/mol. The topological polar surface area (TPSA) is 51.0 Å². The van der Waals surface area contributed by atoms with E-state index in [1.54, 1.807) is 13.8 Å². The molecule has 0 aromatic carbocycles. The van der Waals surface area contributed by atoms with Crippen molar-refractivity contribution in [3.63, 3.8) is 0 Å². The van der Waals surface area contributed by atoms with E-state index in [2.05, 4.69) is 5.16 Å². The summed E-state index contributed by atoms with van der Waals surface area (Å²) >= 11 is 5.49. The normalized spacial score (nSPS) is 30.8. The quantitative estimate of drug-likeness (QED) is 0.374. The molecular formula is C6H10ClNO3. The number of hydrogen-bond acceptors (Lipinski definition) is 4. The fourth-order valence-electron chi connectivity index (χ4n) is 0.869. The molecule has 1 atom stereocenters. The Balaban J connectivity index is 2.55. The molecule has 0 aliphatic carbocycles. The van der Waals surface area contributed by atoms with Gasteiger partial charge in [-0.2, -0.15) is 0 Å². The van der Waals surface area contributed by atoms with Gasteiger partial charge in [0.15, 0.2) is 11.0 Å². The zero-order valence-corrected chi connectivity index (χ0v) is 7.13. The number of ether oxygens (including phenoxy) is 2. The standard InChI is InChI=1S/C6H10ClNO3/c1-6(2)10-3-4(11-6)5(7)8-9/h4,9H,3H2,1-2H3/b8-5-/t4-/m0/s1. The number of nitrogens with zero attached hydrogens (tertiary/aromatic N) is 1. The predicted molar refractivity (Wildman–Crippen MR) is 40.0 cm³/mol. The first kappa shape index (κ1) is 8.77. The first-order valence-electron chi connectivity index (χ1n) is 3.24. The Morgan fingerprint density at radius 2 is 2.36 bits per heavy atom. The number of hydrogen-bond donors (Lipinski definition) is 1. The third-order valence-corrected chi connectivity index (χ3v) is 1.69. The lowest BCUT2D eigenvalue weighted by Crippen LogP contribution is -2.24. The van der Waals surface area contributed by atoms with Crippen LogP contribution in [0.2, 0.25) is 0 Å². The minimum atomic E-state index is -0.629. The van der Waals surface area contributed by atoms with Crippen molar-refractivity contribution in [1.82, 2.24) is 0 Å². The van der Waals surface area contributed by atoms with Crippen molar-refractivity contribution in [2.24, 2.45) is 5.16 Å². The second-order valence-electron chi connectivity index (χ2n) is 2.74. The van der Waals surface area contributed by atoms with Crippen molar-refractivity contribution in [1.29, 1.82) is 0 Å². The highest BCUT2D eigenvalue weighted by molar-refractivity contribution is 6.66. The maximum absolute atomic E-state index is 8.29. The van der Waals surface area contributed by atoms with Crippen molar-refractivity contribution in [3.05, 3.63) is 0 Å². The SMILES string of the molecule is CC1(C)OC[C@@H](/C(Cl)=N/O)O1. The summed E-state index contributed by atoms with van der Waals surface area (Å²) in [6.45, 7) is 3.87. The molecule has 1 rings (SSSR count). The van der Waals surface area contributed by atoms with E-state index >= 15 is 0 Å². The molecule has 1 fully saturated rings. The van der Waals surface area contributed by atoms with E-state index in [0.717, 1.165) is 0 Å². The second kappa shape index (κ2) is 2.97.